The molecule has 1 unspecified atom stereocenters. The van der Waals surface area contributed by atoms with Gasteiger partial charge in [-0.15, -0.1) is 0 Å². The second-order valence-electron chi connectivity index (χ2n) is 6.70. The van der Waals surface area contributed by atoms with E-state index < -0.39 is 22.1 Å². The van der Waals surface area contributed by atoms with Crippen molar-refractivity contribution in [3.8, 4) is 11.5 Å². The summed E-state index contributed by atoms with van der Waals surface area (Å²) >= 11 is 0. The monoisotopic (exact) mass is 405 g/mol. The molecule has 8 heteroatoms. The zero-order valence-electron chi connectivity index (χ0n) is 16.2. The van der Waals surface area contributed by atoms with Crippen molar-refractivity contribution in [1.29, 1.82) is 0 Å². The Bertz CT molecular complexity index is 986. The topological polar surface area (TPSA) is 82.1 Å². The zero-order valence-corrected chi connectivity index (χ0v) is 17.0. The molecular weight excluding hydrogens is 382 g/mol. The molecule has 3 rings (SSSR count). The number of para-hydroxylation sites is 2. The summed E-state index contributed by atoms with van der Waals surface area (Å²) in [5, 5.41) is 0. The van der Waals surface area contributed by atoms with Gasteiger partial charge in [0, 0.05) is 0 Å². The Morgan fingerprint density at radius 3 is 2.54 bits per heavy atom. The van der Waals surface area contributed by atoms with Crippen LogP contribution in [0, 0.1) is 0 Å². The molecule has 0 N–H and O–H groups in total. The molecule has 0 radical (unpaired) electrons. The molecule has 2 aromatic carbocycles. The van der Waals surface area contributed by atoms with Crippen molar-refractivity contribution in [2.24, 2.45) is 0 Å². The van der Waals surface area contributed by atoms with Crippen LogP contribution in [0.25, 0.3) is 0 Å². The third-order valence-electron chi connectivity index (χ3n) is 4.62. The predicted molar refractivity (Wildman–Crippen MR) is 104 cm³/mol. The number of anilines is 1. The van der Waals surface area contributed by atoms with E-state index in [-0.39, 0.29) is 23.1 Å². The van der Waals surface area contributed by atoms with Gasteiger partial charge in [-0.05, 0) is 35.7 Å². The van der Waals surface area contributed by atoms with Crippen LogP contribution in [0.5, 0.6) is 11.5 Å². The van der Waals surface area contributed by atoms with Gasteiger partial charge in [0.25, 0.3) is 10.0 Å². The van der Waals surface area contributed by atoms with Crippen molar-refractivity contribution in [1.82, 2.24) is 0 Å². The highest BCUT2D eigenvalue weighted by Crippen LogP contribution is 2.39. The SMILES string of the molecule is COC(=O)C1CN(S(=O)(=O)c2cc(C(C)C)ccc2OC)c2ccccc2O1. The minimum atomic E-state index is -4.03. The molecule has 0 saturated heterocycles. The summed E-state index contributed by atoms with van der Waals surface area (Å²) in [5.74, 6) is 0.0342. The van der Waals surface area contributed by atoms with Gasteiger partial charge in [-0.3, -0.25) is 4.31 Å². The van der Waals surface area contributed by atoms with E-state index in [1.165, 1.54) is 18.5 Å². The number of ether oxygens (including phenoxy) is 3. The van der Waals surface area contributed by atoms with Crippen LogP contribution in [0.4, 0.5) is 5.69 Å². The van der Waals surface area contributed by atoms with Gasteiger partial charge >= 0.3 is 5.97 Å². The summed E-state index contributed by atoms with van der Waals surface area (Å²) in [6.45, 7) is 3.77. The molecule has 0 bridgehead atoms. The summed E-state index contributed by atoms with van der Waals surface area (Å²) in [7, 11) is -1.37. The van der Waals surface area contributed by atoms with Crippen LogP contribution in [-0.2, 0) is 19.6 Å². The maximum Gasteiger partial charge on any atom is 0.348 e. The zero-order chi connectivity index (χ0) is 20.5. The molecule has 1 atom stereocenters. The van der Waals surface area contributed by atoms with Gasteiger partial charge in [0.15, 0.2) is 0 Å². The minimum absolute atomic E-state index is 0.0431. The first-order chi connectivity index (χ1) is 13.3. The third-order valence-corrected chi connectivity index (χ3v) is 6.42. The van der Waals surface area contributed by atoms with E-state index in [1.807, 2.05) is 19.9 Å². The highest BCUT2D eigenvalue weighted by molar-refractivity contribution is 7.93. The molecule has 28 heavy (non-hydrogen) atoms. The molecule has 0 saturated carbocycles. The van der Waals surface area contributed by atoms with E-state index in [4.69, 9.17) is 14.2 Å². The predicted octanol–water partition coefficient (Wildman–Crippen LogP) is 2.95. The van der Waals surface area contributed by atoms with Crippen LogP contribution in [0.2, 0.25) is 0 Å². The molecule has 7 nitrogen and oxygen atoms in total. The highest BCUT2D eigenvalue weighted by Gasteiger charge is 2.39. The number of sulfonamides is 1. The number of esters is 1. The van der Waals surface area contributed by atoms with Crippen molar-refractivity contribution < 1.29 is 27.4 Å². The molecule has 0 spiro atoms. The fourth-order valence-corrected chi connectivity index (χ4v) is 4.73. The van der Waals surface area contributed by atoms with Gasteiger partial charge in [-0.25, -0.2) is 13.2 Å². The van der Waals surface area contributed by atoms with Crippen LogP contribution in [-0.4, -0.2) is 41.3 Å². The summed E-state index contributed by atoms with van der Waals surface area (Å²) < 4.78 is 44.1. The molecule has 2 aromatic rings. The molecule has 0 fully saturated rings. The Labute approximate surface area is 164 Å². The van der Waals surface area contributed by atoms with Gasteiger partial charge in [0.1, 0.15) is 16.4 Å². The first-order valence-corrected chi connectivity index (χ1v) is 10.3. The van der Waals surface area contributed by atoms with Gasteiger partial charge in [0.2, 0.25) is 6.10 Å². The number of methoxy groups -OCH3 is 2. The second-order valence-corrected chi connectivity index (χ2v) is 8.53. The van der Waals surface area contributed by atoms with Crippen LogP contribution in [0.1, 0.15) is 25.3 Å². The Morgan fingerprint density at radius 1 is 1.18 bits per heavy atom. The summed E-state index contributed by atoms with van der Waals surface area (Å²) in [4.78, 5) is 12.1. The molecule has 150 valence electrons. The summed E-state index contributed by atoms with van der Waals surface area (Å²) in [5.41, 5.74) is 1.23. The quantitative estimate of drug-likeness (QED) is 0.712. The first-order valence-electron chi connectivity index (χ1n) is 8.83. The lowest BCUT2D eigenvalue weighted by Crippen LogP contribution is -2.47. The lowest BCUT2D eigenvalue weighted by Gasteiger charge is -2.34. The average molecular weight is 405 g/mol. The van der Waals surface area contributed by atoms with Crippen molar-refractivity contribution in [3.05, 3.63) is 48.0 Å². The number of nitrogens with zero attached hydrogens (tertiary/aromatic N) is 1. The lowest BCUT2D eigenvalue weighted by atomic mass is 10.0. The molecule has 0 amide bonds. The van der Waals surface area contributed by atoms with Crippen LogP contribution >= 0.6 is 0 Å². The lowest BCUT2D eigenvalue weighted by molar-refractivity contribution is -0.148. The van der Waals surface area contributed by atoms with Crippen LogP contribution in [0.15, 0.2) is 47.4 Å². The normalized spacial score (nSPS) is 16.3. The fraction of sp³-hybridized carbons (Fsp3) is 0.350. The molecule has 0 aromatic heterocycles. The number of fused-ring (bicyclic) bond motifs is 1. The van der Waals surface area contributed by atoms with Gasteiger partial charge in [-0.2, -0.15) is 0 Å². The fourth-order valence-electron chi connectivity index (χ4n) is 3.06. The van der Waals surface area contributed by atoms with Crippen molar-refractivity contribution >= 4 is 21.7 Å². The Kier molecular flexibility index (Phi) is 5.51. The molecule has 1 aliphatic rings. The van der Waals surface area contributed by atoms with Crippen molar-refractivity contribution in [3.63, 3.8) is 0 Å². The van der Waals surface area contributed by atoms with Gasteiger partial charge in [-0.1, -0.05) is 32.0 Å². The number of benzene rings is 2. The van der Waals surface area contributed by atoms with E-state index in [0.29, 0.717) is 11.4 Å². The Hall–Kier alpha value is -2.74. The number of hydrogen-bond donors (Lipinski definition) is 0. The van der Waals surface area contributed by atoms with E-state index in [1.54, 1.807) is 36.4 Å². The smallest absolute Gasteiger partial charge is 0.348 e. The highest BCUT2D eigenvalue weighted by atomic mass is 32.2. The number of hydrogen-bond acceptors (Lipinski definition) is 6. The molecule has 1 heterocycles. The molecule has 0 aliphatic carbocycles. The number of carbonyl (C=O) groups excluding carboxylic acids is 1. The Balaban J connectivity index is 2.15. The second kappa shape index (κ2) is 7.71. The summed E-state index contributed by atoms with van der Waals surface area (Å²) in [6.07, 6.45) is -1.06. The maximum absolute atomic E-state index is 13.6. The minimum Gasteiger partial charge on any atom is -0.495 e. The van der Waals surface area contributed by atoms with Gasteiger partial charge in [0.05, 0.1) is 26.5 Å². The van der Waals surface area contributed by atoms with Gasteiger partial charge < -0.3 is 14.2 Å². The van der Waals surface area contributed by atoms with Crippen molar-refractivity contribution in [2.75, 3.05) is 25.1 Å². The third kappa shape index (κ3) is 3.52. The molecule has 1 aliphatic heterocycles. The number of rotatable bonds is 5. The number of carbonyl (C=O) groups is 1. The van der Waals surface area contributed by atoms with Crippen LogP contribution < -0.4 is 13.8 Å². The standard InChI is InChI=1S/C20H23NO6S/c1-13(2)14-9-10-17(25-3)19(11-14)28(23,24)21-12-18(20(22)26-4)27-16-8-6-5-7-15(16)21/h5-11,13,18H,12H2,1-4H3. The largest absolute Gasteiger partial charge is 0.495 e. The average Bonchev–Trinajstić information content (AvgIpc) is 2.71. The van der Waals surface area contributed by atoms with E-state index in [0.717, 1.165) is 5.56 Å². The van der Waals surface area contributed by atoms with E-state index >= 15 is 0 Å². The van der Waals surface area contributed by atoms with Crippen molar-refractivity contribution in [2.45, 2.75) is 30.8 Å². The van der Waals surface area contributed by atoms with E-state index in [2.05, 4.69) is 0 Å². The van der Waals surface area contributed by atoms with Crippen LogP contribution in [0.3, 0.4) is 0 Å². The first kappa shape index (κ1) is 20.0. The Morgan fingerprint density at radius 2 is 1.89 bits per heavy atom. The summed E-state index contributed by atoms with van der Waals surface area (Å²) in [6, 6.07) is 11.8. The van der Waals surface area contributed by atoms with E-state index in [9.17, 15) is 13.2 Å². The maximum atomic E-state index is 13.6. The molecular formula is C20H23NO6S.